The zero-order valence-electron chi connectivity index (χ0n) is 14.2. The van der Waals surface area contributed by atoms with Crippen molar-refractivity contribution in [1.29, 1.82) is 0 Å². The highest BCUT2D eigenvalue weighted by molar-refractivity contribution is 5.90. The van der Waals surface area contributed by atoms with Crippen LogP contribution < -0.4 is 15.8 Å². The number of para-hydroxylation sites is 1. The van der Waals surface area contributed by atoms with Crippen LogP contribution in [0.4, 0.5) is 0 Å². The molecule has 2 aliphatic rings. The van der Waals surface area contributed by atoms with Gasteiger partial charge in [0, 0.05) is 23.6 Å². The maximum absolute atomic E-state index is 6.55. The third-order valence-electron chi connectivity index (χ3n) is 5.02. The number of amidine groups is 1. The van der Waals surface area contributed by atoms with Gasteiger partial charge in [0.2, 0.25) is 0 Å². The van der Waals surface area contributed by atoms with Gasteiger partial charge in [0.1, 0.15) is 17.3 Å². The Bertz CT molecular complexity index is 813. The Hall–Kier alpha value is -2.33. The molecule has 2 heterocycles. The number of rotatable bonds is 3. The quantitative estimate of drug-likeness (QED) is 0.907. The van der Waals surface area contributed by atoms with E-state index in [-0.39, 0.29) is 6.04 Å². The average molecular weight is 321 g/mol. The molecule has 4 rings (SSSR count). The smallest absolute Gasteiger partial charge is 0.132 e. The molecule has 124 valence electrons. The standard InChI is InChI=1S/C20H23N3O/c1-3-13(20-22-8-9-23-20)15-11-16-18(10-12(15)2)24-17-7-5-4-6-14(17)19(16)21/h4-7,10-11,13,19H,3,8-9,21H2,1-2H3,(H,22,23). The molecule has 0 bridgehead atoms. The van der Waals surface area contributed by atoms with Crippen LogP contribution in [-0.4, -0.2) is 18.9 Å². The lowest BCUT2D eigenvalue weighted by atomic mass is 9.86. The summed E-state index contributed by atoms with van der Waals surface area (Å²) < 4.78 is 6.10. The van der Waals surface area contributed by atoms with E-state index in [1.54, 1.807) is 0 Å². The third-order valence-corrected chi connectivity index (χ3v) is 5.02. The number of hydrogen-bond donors (Lipinski definition) is 2. The first kappa shape index (κ1) is 15.2. The van der Waals surface area contributed by atoms with Crippen LogP contribution in [0.3, 0.4) is 0 Å². The number of nitrogens with two attached hydrogens (primary N) is 1. The second-order valence-corrected chi connectivity index (χ2v) is 6.52. The van der Waals surface area contributed by atoms with E-state index < -0.39 is 0 Å². The molecule has 2 aromatic carbocycles. The molecule has 0 fully saturated rings. The van der Waals surface area contributed by atoms with Gasteiger partial charge in [-0.25, -0.2) is 0 Å². The van der Waals surface area contributed by atoms with Gasteiger partial charge in [-0.15, -0.1) is 0 Å². The van der Waals surface area contributed by atoms with Gasteiger partial charge in [0.05, 0.1) is 12.6 Å². The molecule has 3 N–H and O–H groups in total. The number of fused-ring (bicyclic) bond motifs is 2. The van der Waals surface area contributed by atoms with Gasteiger partial charge < -0.3 is 15.8 Å². The lowest BCUT2D eigenvalue weighted by Crippen LogP contribution is -2.26. The van der Waals surface area contributed by atoms with Crippen molar-refractivity contribution in [1.82, 2.24) is 5.32 Å². The minimum atomic E-state index is -0.153. The van der Waals surface area contributed by atoms with Gasteiger partial charge in [-0.3, -0.25) is 4.99 Å². The van der Waals surface area contributed by atoms with Crippen LogP contribution in [0.15, 0.2) is 41.4 Å². The zero-order valence-corrected chi connectivity index (χ0v) is 14.2. The lowest BCUT2D eigenvalue weighted by Gasteiger charge is -2.28. The molecule has 0 radical (unpaired) electrons. The minimum absolute atomic E-state index is 0.153. The number of benzene rings is 2. The van der Waals surface area contributed by atoms with Crippen LogP contribution in [0.5, 0.6) is 11.5 Å². The summed E-state index contributed by atoms with van der Waals surface area (Å²) >= 11 is 0. The number of nitrogens with one attached hydrogen (secondary N) is 1. The van der Waals surface area contributed by atoms with E-state index in [2.05, 4.69) is 36.3 Å². The summed E-state index contributed by atoms with van der Waals surface area (Å²) in [5, 5.41) is 3.43. The zero-order chi connectivity index (χ0) is 16.7. The van der Waals surface area contributed by atoms with Crippen molar-refractivity contribution in [2.24, 2.45) is 10.7 Å². The van der Waals surface area contributed by atoms with Crippen LogP contribution in [0.2, 0.25) is 0 Å². The first-order valence-corrected chi connectivity index (χ1v) is 8.64. The van der Waals surface area contributed by atoms with Crippen LogP contribution >= 0.6 is 0 Å². The number of hydrogen-bond acceptors (Lipinski definition) is 4. The van der Waals surface area contributed by atoms with Crippen molar-refractivity contribution >= 4 is 5.84 Å². The van der Waals surface area contributed by atoms with Gasteiger partial charge in [0.25, 0.3) is 0 Å². The van der Waals surface area contributed by atoms with E-state index in [9.17, 15) is 0 Å². The lowest BCUT2D eigenvalue weighted by molar-refractivity contribution is 0.446. The summed E-state index contributed by atoms with van der Waals surface area (Å²) in [6, 6.07) is 12.2. The molecule has 2 unspecified atom stereocenters. The second kappa shape index (κ2) is 5.95. The van der Waals surface area contributed by atoms with E-state index in [1.165, 1.54) is 11.1 Å². The van der Waals surface area contributed by atoms with Gasteiger partial charge >= 0.3 is 0 Å². The third kappa shape index (κ3) is 2.38. The highest BCUT2D eigenvalue weighted by Gasteiger charge is 2.28. The van der Waals surface area contributed by atoms with Gasteiger partial charge in [-0.1, -0.05) is 25.1 Å². The fourth-order valence-corrected chi connectivity index (χ4v) is 3.75. The second-order valence-electron chi connectivity index (χ2n) is 6.52. The summed E-state index contributed by atoms with van der Waals surface area (Å²) in [7, 11) is 0. The largest absolute Gasteiger partial charge is 0.457 e. The summed E-state index contributed by atoms with van der Waals surface area (Å²) in [6.07, 6.45) is 1.01. The number of nitrogens with zero attached hydrogens (tertiary/aromatic N) is 1. The summed E-state index contributed by atoms with van der Waals surface area (Å²) in [4.78, 5) is 4.63. The normalized spacial score (nSPS) is 19.6. The van der Waals surface area contributed by atoms with Crippen molar-refractivity contribution in [2.45, 2.75) is 32.2 Å². The molecule has 4 nitrogen and oxygen atoms in total. The Kier molecular flexibility index (Phi) is 3.77. The van der Waals surface area contributed by atoms with Gasteiger partial charge in [0.15, 0.2) is 0 Å². The minimum Gasteiger partial charge on any atom is -0.457 e. The highest BCUT2D eigenvalue weighted by atomic mass is 16.5. The van der Waals surface area contributed by atoms with E-state index in [0.717, 1.165) is 48.0 Å². The molecule has 0 saturated carbocycles. The average Bonchev–Trinajstić information content (AvgIpc) is 3.11. The summed E-state index contributed by atoms with van der Waals surface area (Å²) in [5.41, 5.74) is 11.2. The molecular weight excluding hydrogens is 298 g/mol. The van der Waals surface area contributed by atoms with Gasteiger partial charge in [-0.05, 0) is 42.7 Å². The maximum atomic E-state index is 6.55. The molecular formula is C20H23N3O. The molecule has 2 atom stereocenters. The first-order chi connectivity index (χ1) is 11.7. The van der Waals surface area contributed by atoms with Crippen molar-refractivity contribution in [3.05, 3.63) is 58.7 Å². The first-order valence-electron chi connectivity index (χ1n) is 8.64. The van der Waals surface area contributed by atoms with Crippen LogP contribution in [0.25, 0.3) is 0 Å². The number of ether oxygens (including phenoxy) is 1. The van der Waals surface area contributed by atoms with Crippen molar-refractivity contribution in [3.63, 3.8) is 0 Å². The van der Waals surface area contributed by atoms with Crippen molar-refractivity contribution < 1.29 is 4.74 Å². The van der Waals surface area contributed by atoms with E-state index in [4.69, 9.17) is 10.5 Å². The van der Waals surface area contributed by atoms with Crippen molar-refractivity contribution in [3.8, 4) is 11.5 Å². The predicted molar refractivity (Wildman–Crippen MR) is 97.1 cm³/mol. The Morgan fingerprint density at radius 2 is 2.08 bits per heavy atom. The SMILES string of the molecule is CCC(C1=NCCN1)c1cc2c(cc1C)Oc1ccccc1C2N. The Morgan fingerprint density at radius 1 is 1.25 bits per heavy atom. The monoisotopic (exact) mass is 321 g/mol. The molecule has 2 aliphatic heterocycles. The molecule has 0 aromatic heterocycles. The molecule has 0 saturated heterocycles. The van der Waals surface area contributed by atoms with Gasteiger partial charge in [-0.2, -0.15) is 0 Å². The maximum Gasteiger partial charge on any atom is 0.132 e. The van der Waals surface area contributed by atoms with E-state index in [0.29, 0.717) is 5.92 Å². The molecule has 4 heteroatoms. The fourth-order valence-electron chi connectivity index (χ4n) is 3.75. The highest BCUT2D eigenvalue weighted by Crippen LogP contribution is 2.43. The predicted octanol–water partition coefficient (Wildman–Crippen LogP) is 3.64. The van der Waals surface area contributed by atoms with Crippen LogP contribution in [0.1, 0.15) is 47.6 Å². The molecule has 24 heavy (non-hydrogen) atoms. The van der Waals surface area contributed by atoms with E-state index >= 15 is 0 Å². The number of aliphatic imine (C=N–C) groups is 1. The van der Waals surface area contributed by atoms with Crippen molar-refractivity contribution in [2.75, 3.05) is 13.1 Å². The molecule has 0 amide bonds. The summed E-state index contributed by atoms with van der Waals surface area (Å²) in [5.74, 6) is 3.13. The summed E-state index contributed by atoms with van der Waals surface area (Å²) in [6.45, 7) is 6.15. The Balaban J connectivity index is 1.79. The molecule has 0 spiro atoms. The molecule has 0 aliphatic carbocycles. The van der Waals surface area contributed by atoms with Crippen LogP contribution in [0, 0.1) is 6.92 Å². The topological polar surface area (TPSA) is 59.6 Å². The Morgan fingerprint density at radius 3 is 2.83 bits per heavy atom. The van der Waals surface area contributed by atoms with Crippen LogP contribution in [-0.2, 0) is 0 Å². The fraction of sp³-hybridized carbons (Fsp3) is 0.350. The Labute approximate surface area is 142 Å². The molecule has 2 aromatic rings. The number of aryl methyl sites for hydroxylation is 1. The van der Waals surface area contributed by atoms with E-state index in [1.807, 2.05) is 24.3 Å².